The normalized spacial score (nSPS) is 29.8. The highest BCUT2D eigenvalue weighted by Gasteiger charge is 2.49. The molecule has 6 heteroatoms. The fraction of sp³-hybridized carbons (Fsp3) is 0.400. The number of carbonyl (C=O) groups excluding carboxylic acids is 1. The number of fused-ring (bicyclic) bond motifs is 1. The smallest absolute Gasteiger partial charge is 0.262 e. The molecule has 1 N–H and O–H groups in total. The molecule has 1 heterocycles. The third-order valence-electron chi connectivity index (χ3n) is 5.48. The van der Waals surface area contributed by atoms with E-state index in [-0.39, 0.29) is 24.3 Å². The largest absolute Gasteiger partial charge is 0.350 e. The topological polar surface area (TPSA) is 42.0 Å². The lowest BCUT2D eigenvalue weighted by molar-refractivity contribution is -0.135. The van der Waals surface area contributed by atoms with Gasteiger partial charge in [-0.25, -0.2) is 4.39 Å². The standard InChI is InChI=1S/C20H19Cl2FN2O/c1-11-6-7-20(23,15-3-2-8-24-18(11)15)19(26)25-17-10-14(17)13-5-4-12(21)9-16(13)22/h2-5,8-9,11,14,17H,6-7,10H2,1H3,(H,25,26)/t11-,14?,17?,20+/m1/s1. The molecule has 1 saturated carbocycles. The van der Waals surface area contributed by atoms with Gasteiger partial charge in [-0.1, -0.05) is 42.3 Å². The van der Waals surface area contributed by atoms with Crippen molar-refractivity contribution in [3.05, 3.63) is 63.4 Å². The third-order valence-corrected chi connectivity index (χ3v) is 6.05. The van der Waals surface area contributed by atoms with Crippen LogP contribution in [0.3, 0.4) is 0 Å². The van der Waals surface area contributed by atoms with E-state index in [0.29, 0.717) is 27.7 Å². The van der Waals surface area contributed by atoms with Crippen LogP contribution in [0, 0.1) is 0 Å². The van der Waals surface area contributed by atoms with Crippen molar-refractivity contribution < 1.29 is 9.18 Å². The maximum Gasteiger partial charge on any atom is 0.262 e. The summed E-state index contributed by atoms with van der Waals surface area (Å²) in [6.45, 7) is 2.02. The summed E-state index contributed by atoms with van der Waals surface area (Å²) in [5.74, 6) is -0.316. The van der Waals surface area contributed by atoms with Crippen molar-refractivity contribution in [3.63, 3.8) is 0 Å². The van der Waals surface area contributed by atoms with Crippen molar-refractivity contribution >= 4 is 29.1 Å². The number of pyridine rings is 1. The van der Waals surface area contributed by atoms with Crippen LogP contribution in [-0.4, -0.2) is 16.9 Å². The zero-order valence-electron chi connectivity index (χ0n) is 14.3. The second-order valence-corrected chi connectivity index (χ2v) is 8.11. The average molecular weight is 393 g/mol. The van der Waals surface area contributed by atoms with Gasteiger partial charge in [0.05, 0.1) is 5.69 Å². The van der Waals surface area contributed by atoms with E-state index in [4.69, 9.17) is 23.2 Å². The lowest BCUT2D eigenvalue weighted by Crippen LogP contribution is -2.45. The van der Waals surface area contributed by atoms with Crippen LogP contribution >= 0.6 is 23.2 Å². The van der Waals surface area contributed by atoms with E-state index in [2.05, 4.69) is 10.3 Å². The van der Waals surface area contributed by atoms with Gasteiger partial charge in [-0.3, -0.25) is 9.78 Å². The van der Waals surface area contributed by atoms with Crippen LogP contribution in [0.15, 0.2) is 36.5 Å². The number of nitrogens with zero attached hydrogens (tertiary/aromatic N) is 1. The minimum Gasteiger partial charge on any atom is -0.350 e. The predicted molar refractivity (Wildman–Crippen MR) is 100 cm³/mol. The summed E-state index contributed by atoms with van der Waals surface area (Å²) in [4.78, 5) is 17.1. The summed E-state index contributed by atoms with van der Waals surface area (Å²) < 4.78 is 15.7. The van der Waals surface area contributed by atoms with E-state index in [0.717, 1.165) is 12.0 Å². The Morgan fingerprint density at radius 1 is 1.35 bits per heavy atom. The number of benzene rings is 1. The van der Waals surface area contributed by atoms with Crippen molar-refractivity contribution in [1.29, 1.82) is 0 Å². The van der Waals surface area contributed by atoms with E-state index in [1.165, 1.54) is 0 Å². The summed E-state index contributed by atoms with van der Waals surface area (Å²) in [5, 5.41) is 4.03. The molecule has 0 spiro atoms. The number of rotatable bonds is 3. The van der Waals surface area contributed by atoms with Gasteiger partial charge in [-0.05, 0) is 48.9 Å². The SMILES string of the molecule is C[C@@H]1CC[C@@](F)(C(=O)NC2CC2c2ccc(Cl)cc2Cl)c2cccnc21. The van der Waals surface area contributed by atoms with Crippen LogP contribution in [0.25, 0.3) is 0 Å². The minimum absolute atomic E-state index is 0.100. The van der Waals surface area contributed by atoms with Crippen molar-refractivity contribution in [3.8, 4) is 0 Å². The zero-order chi connectivity index (χ0) is 18.5. The van der Waals surface area contributed by atoms with E-state index in [1.807, 2.05) is 13.0 Å². The Kier molecular flexibility index (Phi) is 4.44. The first-order chi connectivity index (χ1) is 12.4. The number of halogens is 3. The Balaban J connectivity index is 1.52. The van der Waals surface area contributed by atoms with Crippen molar-refractivity contribution in [2.24, 2.45) is 0 Å². The van der Waals surface area contributed by atoms with Gasteiger partial charge in [-0.15, -0.1) is 0 Å². The van der Waals surface area contributed by atoms with Crippen molar-refractivity contribution in [2.75, 3.05) is 0 Å². The van der Waals surface area contributed by atoms with Gasteiger partial charge in [0.15, 0.2) is 0 Å². The molecular formula is C20H19Cl2FN2O. The highest BCUT2D eigenvalue weighted by atomic mass is 35.5. The molecular weight excluding hydrogens is 374 g/mol. The van der Waals surface area contributed by atoms with Crippen LogP contribution in [-0.2, 0) is 10.5 Å². The molecule has 2 aromatic rings. The number of amides is 1. The van der Waals surface area contributed by atoms with Crippen molar-refractivity contribution in [1.82, 2.24) is 10.3 Å². The predicted octanol–water partition coefficient (Wildman–Crippen LogP) is 5.12. The first-order valence-electron chi connectivity index (χ1n) is 8.80. The molecule has 1 aromatic carbocycles. The highest BCUT2D eigenvalue weighted by Crippen LogP contribution is 2.47. The first-order valence-corrected chi connectivity index (χ1v) is 9.56. The van der Waals surface area contributed by atoms with Gasteiger partial charge in [0.2, 0.25) is 5.67 Å². The van der Waals surface area contributed by atoms with Crippen LogP contribution < -0.4 is 5.32 Å². The molecule has 2 aliphatic rings. The molecule has 3 nitrogen and oxygen atoms in total. The number of hydrogen-bond donors (Lipinski definition) is 1. The van der Waals surface area contributed by atoms with E-state index in [1.54, 1.807) is 30.5 Å². The summed E-state index contributed by atoms with van der Waals surface area (Å²) in [6.07, 6.45) is 3.18. The second kappa shape index (κ2) is 6.50. The van der Waals surface area contributed by atoms with Crippen LogP contribution in [0.1, 0.15) is 54.8 Å². The summed E-state index contributed by atoms with van der Waals surface area (Å²) in [7, 11) is 0. The number of nitrogens with one attached hydrogen (secondary N) is 1. The van der Waals surface area contributed by atoms with Crippen LogP contribution in [0.2, 0.25) is 10.0 Å². The maximum absolute atomic E-state index is 15.7. The second-order valence-electron chi connectivity index (χ2n) is 7.27. The van der Waals surface area contributed by atoms with Gasteiger partial charge >= 0.3 is 0 Å². The van der Waals surface area contributed by atoms with Crippen molar-refractivity contribution in [2.45, 2.75) is 49.7 Å². The molecule has 1 amide bonds. The van der Waals surface area contributed by atoms with Gasteiger partial charge < -0.3 is 5.32 Å². The molecule has 0 saturated heterocycles. The molecule has 0 aliphatic heterocycles. The quantitative estimate of drug-likeness (QED) is 0.786. The Bertz CT molecular complexity index is 875. The van der Waals surface area contributed by atoms with Gasteiger partial charge in [0.25, 0.3) is 5.91 Å². The maximum atomic E-state index is 15.7. The Morgan fingerprint density at radius 2 is 2.15 bits per heavy atom. The van der Waals surface area contributed by atoms with Crippen LogP contribution in [0.5, 0.6) is 0 Å². The number of hydrogen-bond acceptors (Lipinski definition) is 2. The molecule has 26 heavy (non-hydrogen) atoms. The molecule has 2 aliphatic carbocycles. The van der Waals surface area contributed by atoms with E-state index < -0.39 is 11.6 Å². The fourth-order valence-electron chi connectivity index (χ4n) is 3.85. The molecule has 4 atom stereocenters. The molecule has 4 rings (SSSR count). The van der Waals surface area contributed by atoms with Gasteiger partial charge in [0, 0.05) is 33.8 Å². The Morgan fingerprint density at radius 3 is 2.92 bits per heavy atom. The van der Waals surface area contributed by atoms with E-state index >= 15 is 4.39 Å². The monoisotopic (exact) mass is 392 g/mol. The third kappa shape index (κ3) is 2.99. The Hall–Kier alpha value is -1.65. The lowest BCUT2D eigenvalue weighted by atomic mass is 9.77. The summed E-state index contributed by atoms with van der Waals surface area (Å²) in [6, 6.07) is 8.60. The highest BCUT2D eigenvalue weighted by molar-refractivity contribution is 6.35. The molecule has 0 radical (unpaired) electrons. The number of aromatic nitrogens is 1. The van der Waals surface area contributed by atoms with Crippen LogP contribution in [0.4, 0.5) is 4.39 Å². The number of carbonyl (C=O) groups is 1. The molecule has 0 bridgehead atoms. The lowest BCUT2D eigenvalue weighted by Gasteiger charge is -2.33. The zero-order valence-corrected chi connectivity index (χ0v) is 15.8. The number of alkyl halides is 1. The van der Waals surface area contributed by atoms with E-state index in [9.17, 15) is 4.79 Å². The minimum atomic E-state index is -2.02. The summed E-state index contributed by atoms with van der Waals surface area (Å²) in [5.41, 5.74) is 0.00334. The molecule has 136 valence electrons. The molecule has 1 aromatic heterocycles. The molecule has 2 unspecified atom stereocenters. The summed E-state index contributed by atoms with van der Waals surface area (Å²) >= 11 is 12.2. The van der Waals surface area contributed by atoms with Gasteiger partial charge in [-0.2, -0.15) is 0 Å². The molecule has 1 fully saturated rings. The average Bonchev–Trinajstić information content (AvgIpc) is 3.37. The fourth-order valence-corrected chi connectivity index (χ4v) is 4.40. The Labute approximate surface area is 161 Å². The van der Waals surface area contributed by atoms with Gasteiger partial charge in [0.1, 0.15) is 0 Å². The first kappa shape index (κ1) is 17.7.